The van der Waals surface area contributed by atoms with Crippen molar-refractivity contribution in [1.29, 1.82) is 5.26 Å². The Kier molecular flexibility index (Phi) is 7.26. The average Bonchev–Trinajstić information content (AvgIpc) is 2.65. The van der Waals surface area contributed by atoms with Gasteiger partial charge in [0.1, 0.15) is 5.75 Å². The van der Waals surface area contributed by atoms with Crippen molar-refractivity contribution in [2.45, 2.75) is 25.7 Å². The molecule has 130 valence electrons. The fourth-order valence-electron chi connectivity index (χ4n) is 2.18. The van der Waals surface area contributed by atoms with Gasteiger partial charge in [-0.1, -0.05) is 12.1 Å². The van der Waals surface area contributed by atoms with Crippen LogP contribution in [0.4, 0.5) is 5.82 Å². The first kappa shape index (κ1) is 18.3. The van der Waals surface area contributed by atoms with Crippen molar-refractivity contribution < 1.29 is 14.3 Å². The van der Waals surface area contributed by atoms with Crippen LogP contribution in [0, 0.1) is 11.3 Å². The number of nitriles is 1. The summed E-state index contributed by atoms with van der Waals surface area (Å²) in [7, 11) is 1.62. The third-order valence-corrected chi connectivity index (χ3v) is 3.52. The number of aromatic nitrogens is 1. The smallest absolute Gasteiger partial charge is 0.225 e. The van der Waals surface area contributed by atoms with Crippen LogP contribution in [0.15, 0.2) is 42.6 Å². The molecule has 0 radical (unpaired) electrons. The monoisotopic (exact) mass is 339 g/mol. The summed E-state index contributed by atoms with van der Waals surface area (Å²) in [6, 6.07) is 13.2. The van der Waals surface area contributed by atoms with Gasteiger partial charge in [0.05, 0.1) is 19.8 Å². The standard InChI is InChI=1S/C19H21N3O3/c1-24-16-9-6-15(7-10-16)8-11-18(23)22-19-17(5-4-13-21-19)25-14-3-2-12-20/h4-7,9-10,13H,2-3,8,11,14H2,1H3,(H,21,22,23). The van der Waals surface area contributed by atoms with E-state index in [1.54, 1.807) is 25.4 Å². The summed E-state index contributed by atoms with van der Waals surface area (Å²) in [6.07, 6.45) is 3.64. The molecule has 1 N–H and O–H groups in total. The summed E-state index contributed by atoms with van der Waals surface area (Å²) in [5, 5.41) is 11.3. The molecule has 0 aliphatic carbocycles. The molecular weight excluding hydrogens is 318 g/mol. The van der Waals surface area contributed by atoms with Crippen LogP contribution in [0.2, 0.25) is 0 Å². The van der Waals surface area contributed by atoms with Crippen molar-refractivity contribution in [3.8, 4) is 17.6 Å². The topological polar surface area (TPSA) is 84.2 Å². The van der Waals surface area contributed by atoms with Crippen molar-refractivity contribution in [2.24, 2.45) is 0 Å². The number of anilines is 1. The molecule has 1 aromatic heterocycles. The molecule has 0 saturated carbocycles. The van der Waals surface area contributed by atoms with Crippen molar-refractivity contribution >= 4 is 11.7 Å². The Morgan fingerprint density at radius 3 is 2.80 bits per heavy atom. The maximum Gasteiger partial charge on any atom is 0.225 e. The zero-order valence-electron chi connectivity index (χ0n) is 14.2. The minimum atomic E-state index is -0.128. The molecule has 0 bridgehead atoms. The summed E-state index contributed by atoms with van der Waals surface area (Å²) in [5.74, 6) is 1.58. The molecule has 0 saturated heterocycles. The maximum absolute atomic E-state index is 12.2. The van der Waals surface area contributed by atoms with Crippen LogP contribution in [-0.4, -0.2) is 24.6 Å². The normalized spacial score (nSPS) is 9.92. The molecule has 2 aromatic rings. The number of hydrogen-bond acceptors (Lipinski definition) is 5. The summed E-state index contributed by atoms with van der Waals surface area (Å²) in [6.45, 7) is 0.411. The zero-order valence-corrected chi connectivity index (χ0v) is 14.2. The second-order valence-corrected chi connectivity index (χ2v) is 5.36. The molecule has 0 aliphatic heterocycles. The van der Waals surface area contributed by atoms with Crippen LogP contribution in [0.25, 0.3) is 0 Å². The van der Waals surface area contributed by atoms with Gasteiger partial charge < -0.3 is 14.8 Å². The summed E-state index contributed by atoms with van der Waals surface area (Å²) < 4.78 is 10.7. The van der Waals surface area contributed by atoms with Gasteiger partial charge >= 0.3 is 0 Å². The van der Waals surface area contributed by atoms with Gasteiger partial charge in [-0.25, -0.2) is 4.98 Å². The van der Waals surface area contributed by atoms with Gasteiger partial charge in [0.15, 0.2) is 11.6 Å². The van der Waals surface area contributed by atoms with E-state index in [0.717, 1.165) is 11.3 Å². The van der Waals surface area contributed by atoms with Crippen LogP contribution in [0.1, 0.15) is 24.8 Å². The van der Waals surface area contributed by atoms with Crippen LogP contribution in [-0.2, 0) is 11.2 Å². The Balaban J connectivity index is 1.86. The molecule has 2 rings (SSSR count). The highest BCUT2D eigenvalue weighted by molar-refractivity contribution is 5.91. The van der Waals surface area contributed by atoms with E-state index in [1.807, 2.05) is 24.3 Å². The van der Waals surface area contributed by atoms with E-state index >= 15 is 0 Å². The Hall–Kier alpha value is -3.07. The highest BCUT2D eigenvalue weighted by Crippen LogP contribution is 2.21. The molecule has 0 fully saturated rings. The van der Waals surface area contributed by atoms with E-state index in [4.69, 9.17) is 14.7 Å². The minimum Gasteiger partial charge on any atom is -0.497 e. The molecule has 1 aromatic carbocycles. The lowest BCUT2D eigenvalue weighted by atomic mass is 10.1. The molecular formula is C19H21N3O3. The fraction of sp³-hybridized carbons (Fsp3) is 0.316. The number of methoxy groups -OCH3 is 1. The third kappa shape index (κ3) is 6.15. The number of rotatable bonds is 9. The van der Waals surface area contributed by atoms with Crippen LogP contribution >= 0.6 is 0 Å². The van der Waals surface area contributed by atoms with Gasteiger partial charge in [-0.05, 0) is 42.7 Å². The minimum absolute atomic E-state index is 0.128. The number of unbranched alkanes of at least 4 members (excludes halogenated alkanes) is 1. The number of hydrogen-bond donors (Lipinski definition) is 1. The van der Waals surface area contributed by atoms with Gasteiger partial charge in [-0.3, -0.25) is 4.79 Å². The Morgan fingerprint density at radius 1 is 1.28 bits per heavy atom. The summed E-state index contributed by atoms with van der Waals surface area (Å²) in [5.41, 5.74) is 1.06. The van der Waals surface area contributed by atoms with Crippen molar-refractivity contribution in [1.82, 2.24) is 4.98 Å². The number of aryl methyl sites for hydroxylation is 1. The number of carbonyl (C=O) groups excluding carboxylic acids is 1. The first-order chi connectivity index (χ1) is 12.2. The molecule has 0 unspecified atom stereocenters. The fourth-order valence-corrected chi connectivity index (χ4v) is 2.18. The summed E-state index contributed by atoms with van der Waals surface area (Å²) in [4.78, 5) is 16.3. The summed E-state index contributed by atoms with van der Waals surface area (Å²) >= 11 is 0. The number of pyridine rings is 1. The number of nitrogens with one attached hydrogen (secondary N) is 1. The molecule has 1 amide bonds. The Bertz CT molecular complexity index is 723. The Morgan fingerprint density at radius 2 is 2.08 bits per heavy atom. The molecule has 0 aliphatic rings. The lowest BCUT2D eigenvalue weighted by Gasteiger charge is -2.11. The lowest BCUT2D eigenvalue weighted by Crippen LogP contribution is -2.14. The zero-order chi connectivity index (χ0) is 17.9. The Labute approximate surface area is 147 Å². The number of ether oxygens (including phenoxy) is 2. The van der Waals surface area contributed by atoms with E-state index < -0.39 is 0 Å². The SMILES string of the molecule is COc1ccc(CCC(=O)Nc2ncccc2OCCCC#N)cc1. The van der Waals surface area contributed by atoms with Crippen LogP contribution in [0.3, 0.4) is 0 Å². The predicted octanol–water partition coefficient (Wildman–Crippen LogP) is 3.34. The number of amides is 1. The number of benzene rings is 1. The first-order valence-electron chi connectivity index (χ1n) is 8.10. The third-order valence-electron chi connectivity index (χ3n) is 3.52. The largest absolute Gasteiger partial charge is 0.497 e. The van der Waals surface area contributed by atoms with Crippen molar-refractivity contribution in [3.05, 3.63) is 48.2 Å². The highest BCUT2D eigenvalue weighted by Gasteiger charge is 2.09. The van der Waals surface area contributed by atoms with Gasteiger partial charge in [-0.2, -0.15) is 5.26 Å². The van der Waals surface area contributed by atoms with Gasteiger partial charge in [0.2, 0.25) is 5.91 Å². The van der Waals surface area contributed by atoms with E-state index in [9.17, 15) is 4.79 Å². The molecule has 25 heavy (non-hydrogen) atoms. The number of carbonyl (C=O) groups is 1. The van der Waals surface area contributed by atoms with Gasteiger partial charge in [0, 0.05) is 19.0 Å². The van der Waals surface area contributed by atoms with Gasteiger partial charge in [-0.15, -0.1) is 0 Å². The van der Waals surface area contributed by atoms with E-state index in [-0.39, 0.29) is 5.91 Å². The molecule has 6 nitrogen and oxygen atoms in total. The average molecular weight is 339 g/mol. The van der Waals surface area contributed by atoms with E-state index in [1.165, 1.54) is 0 Å². The second-order valence-electron chi connectivity index (χ2n) is 5.36. The first-order valence-corrected chi connectivity index (χ1v) is 8.10. The van der Waals surface area contributed by atoms with Crippen LogP contribution < -0.4 is 14.8 Å². The van der Waals surface area contributed by atoms with E-state index in [0.29, 0.717) is 43.9 Å². The predicted molar refractivity (Wildman–Crippen MR) is 94.5 cm³/mol. The van der Waals surface area contributed by atoms with Crippen LogP contribution in [0.5, 0.6) is 11.5 Å². The van der Waals surface area contributed by atoms with Gasteiger partial charge in [0.25, 0.3) is 0 Å². The quantitative estimate of drug-likeness (QED) is 0.708. The molecule has 6 heteroatoms. The molecule has 0 atom stereocenters. The molecule has 0 spiro atoms. The second kappa shape index (κ2) is 9.93. The van der Waals surface area contributed by atoms with Crippen molar-refractivity contribution in [2.75, 3.05) is 19.0 Å². The van der Waals surface area contributed by atoms with E-state index in [2.05, 4.69) is 16.4 Å². The number of nitrogens with zero attached hydrogens (tertiary/aromatic N) is 2. The van der Waals surface area contributed by atoms with Crippen molar-refractivity contribution in [3.63, 3.8) is 0 Å². The lowest BCUT2D eigenvalue weighted by molar-refractivity contribution is -0.116. The molecule has 1 heterocycles. The highest BCUT2D eigenvalue weighted by atomic mass is 16.5. The maximum atomic E-state index is 12.2.